The van der Waals surface area contributed by atoms with Gasteiger partial charge in [0.15, 0.2) is 0 Å². The first-order valence-corrected chi connectivity index (χ1v) is 19.4. The van der Waals surface area contributed by atoms with E-state index in [0.29, 0.717) is 38.8 Å². The molecule has 3 heterocycles. The van der Waals surface area contributed by atoms with E-state index in [4.69, 9.17) is 9.47 Å². The summed E-state index contributed by atoms with van der Waals surface area (Å²) in [7, 11) is 0. The lowest BCUT2D eigenvalue weighted by atomic mass is 9.70. The number of aliphatic hydroxyl groups is 1. The highest BCUT2D eigenvalue weighted by atomic mass is 79.9. The average Bonchev–Trinajstić information content (AvgIpc) is 3.71. The van der Waals surface area contributed by atoms with Crippen molar-refractivity contribution < 1.29 is 33.8 Å². The van der Waals surface area contributed by atoms with Crippen LogP contribution >= 0.6 is 15.9 Å². The second-order valence-electron chi connectivity index (χ2n) is 14.4. The van der Waals surface area contributed by atoms with Gasteiger partial charge in [0.2, 0.25) is 17.7 Å². The third-order valence-electron chi connectivity index (χ3n) is 11.0. The Morgan fingerprint density at radius 2 is 1.84 bits per heavy atom. The van der Waals surface area contributed by atoms with Crippen molar-refractivity contribution in [3.05, 3.63) is 61.2 Å². The molecule has 5 rings (SSSR count). The molecule has 2 N–H and O–H groups in total. The first-order valence-electron chi connectivity index (χ1n) is 18.5. The number of carbonyl (C=O) groups is 4. The van der Waals surface area contributed by atoms with E-state index in [1.807, 2.05) is 35.2 Å². The molecule has 8 atom stereocenters. The molecule has 0 radical (unpaired) electrons. The number of nitrogens with zero attached hydrogens (tertiary/aromatic N) is 2. The molecule has 10 nitrogen and oxygen atoms in total. The van der Waals surface area contributed by atoms with Crippen LogP contribution in [-0.2, 0) is 28.7 Å². The maximum absolute atomic E-state index is 14.9. The lowest BCUT2D eigenvalue weighted by molar-refractivity contribution is -0.162. The Kier molecular flexibility index (Phi) is 13.4. The van der Waals surface area contributed by atoms with Gasteiger partial charge in [-0.1, -0.05) is 90.5 Å². The number of esters is 1. The summed E-state index contributed by atoms with van der Waals surface area (Å²) in [6, 6.07) is 7.89. The third kappa shape index (κ3) is 7.89. The first kappa shape index (κ1) is 38.2. The van der Waals surface area contributed by atoms with E-state index in [1.54, 1.807) is 24.0 Å². The van der Waals surface area contributed by atoms with Gasteiger partial charge in [-0.3, -0.25) is 19.2 Å². The van der Waals surface area contributed by atoms with E-state index < -0.39 is 47.7 Å². The van der Waals surface area contributed by atoms with E-state index in [0.717, 1.165) is 50.5 Å². The molecule has 3 saturated heterocycles. The number of fused-ring (bicyclic) bond motifs is 1. The highest BCUT2D eigenvalue weighted by Crippen LogP contribution is 2.60. The Balaban J connectivity index is 1.46. The van der Waals surface area contributed by atoms with Crippen LogP contribution in [0.5, 0.6) is 0 Å². The van der Waals surface area contributed by atoms with Gasteiger partial charge in [-0.25, -0.2) is 0 Å². The number of aliphatic hydroxyl groups excluding tert-OH is 1. The van der Waals surface area contributed by atoms with Crippen LogP contribution < -0.4 is 5.32 Å². The van der Waals surface area contributed by atoms with Gasteiger partial charge in [0.1, 0.15) is 17.7 Å². The van der Waals surface area contributed by atoms with Crippen LogP contribution in [0.15, 0.2) is 55.6 Å². The van der Waals surface area contributed by atoms with Crippen molar-refractivity contribution in [3.8, 4) is 0 Å². The Morgan fingerprint density at radius 1 is 1.12 bits per heavy atom. The van der Waals surface area contributed by atoms with E-state index in [9.17, 15) is 24.3 Å². The van der Waals surface area contributed by atoms with E-state index in [-0.39, 0.29) is 41.6 Å². The number of nitrogens with one attached hydrogen (secondary N) is 1. The second-order valence-corrected chi connectivity index (χ2v) is 15.5. The first-order chi connectivity index (χ1) is 24.2. The summed E-state index contributed by atoms with van der Waals surface area (Å²) < 4.78 is 13.1. The number of rotatable bonds is 18. The Labute approximate surface area is 305 Å². The molecule has 1 aliphatic carbocycles. The molecule has 3 amide bonds. The number of amides is 3. The van der Waals surface area contributed by atoms with Crippen molar-refractivity contribution in [1.29, 1.82) is 0 Å². The molecule has 3 aliphatic heterocycles. The zero-order chi connectivity index (χ0) is 35.8. The predicted octanol–water partition coefficient (Wildman–Crippen LogP) is 5.39. The highest BCUT2D eigenvalue weighted by Gasteiger charge is 2.77. The number of carbonyl (C=O) groups excluding carboxylic acids is 4. The van der Waals surface area contributed by atoms with Crippen molar-refractivity contribution in [3.63, 3.8) is 0 Å². The number of hydrogen-bond acceptors (Lipinski definition) is 7. The van der Waals surface area contributed by atoms with Gasteiger partial charge in [-0.15, -0.1) is 13.2 Å². The number of likely N-dealkylation sites (tertiary alicyclic amines) is 1. The molecule has 1 spiro atoms. The largest absolute Gasteiger partial charge is 0.455 e. The molecule has 11 heteroatoms. The van der Waals surface area contributed by atoms with Gasteiger partial charge in [0.25, 0.3) is 0 Å². The minimum Gasteiger partial charge on any atom is -0.455 e. The minimum atomic E-state index is -1.19. The van der Waals surface area contributed by atoms with Crippen molar-refractivity contribution in [2.75, 3.05) is 19.7 Å². The van der Waals surface area contributed by atoms with Crippen LogP contribution in [0.1, 0.15) is 95.6 Å². The topological polar surface area (TPSA) is 125 Å². The maximum atomic E-state index is 14.9. The van der Waals surface area contributed by atoms with Crippen LogP contribution in [0.3, 0.4) is 0 Å². The van der Waals surface area contributed by atoms with Crippen molar-refractivity contribution in [1.82, 2.24) is 15.1 Å². The fraction of sp³-hybridized carbons (Fsp3) is 0.641. The second kappa shape index (κ2) is 17.5. The van der Waals surface area contributed by atoms with Crippen molar-refractivity contribution in [2.24, 2.45) is 11.8 Å². The van der Waals surface area contributed by atoms with Gasteiger partial charge in [-0.2, -0.15) is 0 Å². The normalized spacial score (nSPS) is 28.5. The summed E-state index contributed by atoms with van der Waals surface area (Å²) in [4.78, 5) is 60.0. The summed E-state index contributed by atoms with van der Waals surface area (Å²) in [6.07, 6.45) is 11.2. The number of unbranched alkanes of at least 4 members (excludes halogenated alkanes) is 3. The Hall–Kier alpha value is -3.02. The Morgan fingerprint density at radius 3 is 2.52 bits per heavy atom. The fourth-order valence-electron chi connectivity index (χ4n) is 8.71. The highest BCUT2D eigenvalue weighted by molar-refractivity contribution is 9.09. The summed E-state index contributed by atoms with van der Waals surface area (Å²) in [6.45, 7) is 10.3. The predicted molar refractivity (Wildman–Crippen MR) is 194 cm³/mol. The lowest BCUT2D eigenvalue weighted by Crippen LogP contribution is -2.58. The summed E-state index contributed by atoms with van der Waals surface area (Å²) in [5, 5.41) is 12.3. The maximum Gasteiger partial charge on any atom is 0.313 e. The number of alkyl halides is 1. The van der Waals surface area contributed by atoms with Gasteiger partial charge in [-0.05, 0) is 51.0 Å². The number of hydrogen-bond donors (Lipinski definition) is 2. The minimum absolute atomic E-state index is 0.0557. The summed E-state index contributed by atoms with van der Waals surface area (Å²) >= 11 is 3.78. The van der Waals surface area contributed by atoms with E-state index in [2.05, 4.69) is 34.4 Å². The summed E-state index contributed by atoms with van der Waals surface area (Å²) in [5.41, 5.74) is -0.475. The van der Waals surface area contributed by atoms with Crippen LogP contribution in [0.25, 0.3) is 0 Å². The lowest BCUT2D eigenvalue weighted by Gasteiger charge is -2.41. The van der Waals surface area contributed by atoms with E-state index in [1.165, 1.54) is 0 Å². The molecule has 1 saturated carbocycles. The van der Waals surface area contributed by atoms with Crippen molar-refractivity contribution >= 4 is 39.6 Å². The molecule has 50 heavy (non-hydrogen) atoms. The van der Waals surface area contributed by atoms with Gasteiger partial charge < -0.3 is 29.7 Å². The zero-order valence-corrected chi connectivity index (χ0v) is 30.9. The Bertz CT molecular complexity index is 1370. The zero-order valence-electron chi connectivity index (χ0n) is 29.4. The molecule has 274 valence electrons. The average molecular weight is 757 g/mol. The van der Waals surface area contributed by atoms with E-state index >= 15 is 0 Å². The molecule has 4 aliphatic rings. The van der Waals surface area contributed by atoms with Crippen LogP contribution in [0, 0.1) is 11.8 Å². The van der Waals surface area contributed by atoms with Crippen LogP contribution in [-0.4, -0.2) is 93.0 Å². The smallest absolute Gasteiger partial charge is 0.313 e. The number of allylic oxidation sites excluding steroid dienone is 1. The molecule has 1 aromatic carbocycles. The van der Waals surface area contributed by atoms with Gasteiger partial charge in [0, 0.05) is 37.0 Å². The van der Waals surface area contributed by atoms with Crippen LogP contribution in [0.2, 0.25) is 0 Å². The molecule has 2 bridgehead atoms. The van der Waals surface area contributed by atoms with Gasteiger partial charge in [0.05, 0.1) is 24.0 Å². The number of ether oxygens (including phenoxy) is 2. The molecule has 0 aromatic heterocycles. The fourth-order valence-corrected chi connectivity index (χ4v) is 9.66. The SMILES string of the molecule is C=CCCC(=O)N[C@@H](C)[C@H](OC(=O)[C@H]1[C@@H]2O[C@@]3(CC2Br)[C@@H]1C(=O)N(CCCCCCO)[C@@H]3C(=O)N(CC=C)C1CCCCC1)c1ccccc1. The number of benzene rings is 1. The molecular formula is C39H54BrN3O7. The summed E-state index contributed by atoms with van der Waals surface area (Å²) in [5.74, 6) is -2.97. The van der Waals surface area contributed by atoms with Crippen molar-refractivity contribution in [2.45, 2.75) is 125 Å². The standard InChI is InChI=1S/C39H54BrN3O7/c1-4-6-21-30(45)41-26(3)33(27-17-11-9-12-18-27)49-38(48)31-32-36(46)43(23-15-7-8-16-24-44)35(39(32)25-29(40)34(31)50-39)37(47)42(22-5-2)28-19-13-10-14-20-28/h4-5,9,11-12,17-18,26,28-29,31-35,44H,1-2,6-8,10,13-16,19-25H2,3H3,(H,41,45)/t26-,29?,31+,32-,33-,34+,35+,39-/m0/s1. The molecule has 4 fully saturated rings. The monoisotopic (exact) mass is 755 g/mol. The molecule has 1 aromatic rings. The quantitative estimate of drug-likeness (QED) is 0.0892. The number of halogens is 1. The van der Waals surface area contributed by atoms with Crippen LogP contribution in [0.4, 0.5) is 0 Å². The molecular weight excluding hydrogens is 702 g/mol. The van der Waals surface area contributed by atoms with Gasteiger partial charge >= 0.3 is 5.97 Å². The molecule has 1 unspecified atom stereocenters. The third-order valence-corrected chi connectivity index (χ3v) is 11.9.